The van der Waals surface area contributed by atoms with Crippen molar-refractivity contribution in [1.29, 1.82) is 0 Å². The van der Waals surface area contributed by atoms with Crippen molar-refractivity contribution in [3.8, 4) is 0 Å². The van der Waals surface area contributed by atoms with Crippen molar-refractivity contribution in [3.63, 3.8) is 0 Å². The van der Waals surface area contributed by atoms with E-state index < -0.39 is 25.4 Å². The van der Waals surface area contributed by atoms with E-state index in [4.69, 9.17) is 0 Å². The number of hydrogen-bond acceptors (Lipinski definition) is 2. The van der Waals surface area contributed by atoms with Gasteiger partial charge in [-0.1, -0.05) is 6.58 Å². The van der Waals surface area contributed by atoms with E-state index >= 15 is 0 Å². The number of nitrogens with zero attached hydrogens (tertiary/aromatic N) is 2. The molecule has 2 aliphatic heterocycles. The molecule has 3 aliphatic rings. The van der Waals surface area contributed by atoms with Crippen molar-refractivity contribution in [3.05, 3.63) is 69.0 Å². The predicted octanol–water partition coefficient (Wildman–Crippen LogP) is 5.39. The number of rotatable bonds is 5. The molecular formula is C27H35IN2O. The summed E-state index contributed by atoms with van der Waals surface area (Å²) in [6, 6.07) is 7.26. The van der Waals surface area contributed by atoms with Gasteiger partial charge in [0.05, 0.1) is 0 Å². The summed E-state index contributed by atoms with van der Waals surface area (Å²) in [6.45, 7) is 13.2. The molecule has 1 aromatic carbocycles. The van der Waals surface area contributed by atoms with Crippen molar-refractivity contribution in [1.82, 2.24) is 9.47 Å². The molecule has 166 valence electrons. The third kappa shape index (κ3) is 3.75. The second-order valence-corrected chi connectivity index (χ2v) is 15.8. The van der Waals surface area contributed by atoms with Gasteiger partial charge in [-0.2, -0.15) is 0 Å². The van der Waals surface area contributed by atoms with E-state index in [2.05, 4.69) is 67.3 Å². The second-order valence-electron chi connectivity index (χ2n) is 9.84. The Bertz CT molecular complexity index is 1100. The number of allylic oxidation sites excluding steroid dienone is 4. The monoisotopic (exact) mass is 530 g/mol. The molecule has 3 heterocycles. The molecule has 0 spiro atoms. The molecular weight excluding hydrogens is 495 g/mol. The average Bonchev–Trinajstić information content (AvgIpc) is 3.55. The molecule has 1 fully saturated rings. The van der Waals surface area contributed by atoms with E-state index in [9.17, 15) is 5.11 Å². The van der Waals surface area contributed by atoms with Crippen LogP contribution in [0.2, 0.25) is 0 Å². The summed E-state index contributed by atoms with van der Waals surface area (Å²) in [5.74, 6) is 0.671. The maximum absolute atomic E-state index is 11.8. The van der Waals surface area contributed by atoms with Crippen LogP contribution >= 0.6 is 19.8 Å². The Labute approximate surface area is 193 Å². The first kappa shape index (κ1) is 21.5. The molecule has 0 radical (unpaired) electrons. The minimum absolute atomic E-state index is 0.296. The summed E-state index contributed by atoms with van der Waals surface area (Å²) in [7, 11) is 2.22. The third-order valence-corrected chi connectivity index (χ3v) is 12.2. The zero-order valence-electron chi connectivity index (χ0n) is 19.3. The van der Waals surface area contributed by atoms with Crippen molar-refractivity contribution < 1.29 is 5.11 Å². The van der Waals surface area contributed by atoms with Crippen LogP contribution in [-0.2, 0) is 19.5 Å². The van der Waals surface area contributed by atoms with Gasteiger partial charge in [0.2, 0.25) is 0 Å². The number of aliphatic hydroxyl groups is 1. The SMILES string of the molecule is C=CC1=CC=C(C(C)(O)Cn2c3c(c4cc(I5CC5)ccc42)CN(C)CC3)C(C)C1C. The Morgan fingerprint density at radius 1 is 1.23 bits per heavy atom. The van der Waals surface area contributed by atoms with Crippen molar-refractivity contribution in [2.24, 2.45) is 11.8 Å². The molecule has 0 bridgehead atoms. The Hall–Kier alpha value is -1.37. The van der Waals surface area contributed by atoms with Crippen LogP contribution in [0.1, 0.15) is 32.0 Å². The van der Waals surface area contributed by atoms with Gasteiger partial charge in [0.15, 0.2) is 0 Å². The normalized spacial score (nSPS) is 26.8. The number of alkyl halides is 2. The zero-order valence-corrected chi connectivity index (χ0v) is 21.4. The maximum atomic E-state index is 11.8. The van der Waals surface area contributed by atoms with Crippen molar-refractivity contribution >= 4 is 30.7 Å². The first-order chi connectivity index (χ1) is 14.8. The number of hydrogen-bond donors (Lipinski definition) is 1. The molecule has 2 aromatic rings. The zero-order chi connectivity index (χ0) is 21.9. The van der Waals surface area contributed by atoms with Crippen LogP contribution in [-0.4, -0.2) is 42.6 Å². The number of fused-ring (bicyclic) bond motifs is 3. The van der Waals surface area contributed by atoms with Gasteiger partial charge >= 0.3 is 188 Å². The number of halogens is 1. The molecule has 31 heavy (non-hydrogen) atoms. The van der Waals surface area contributed by atoms with Crippen LogP contribution < -0.4 is 0 Å². The van der Waals surface area contributed by atoms with Crippen molar-refractivity contribution in [2.75, 3.05) is 22.4 Å². The van der Waals surface area contributed by atoms with Gasteiger partial charge < -0.3 is 0 Å². The van der Waals surface area contributed by atoms with Crippen LogP contribution in [0, 0.1) is 15.4 Å². The first-order valence-electron chi connectivity index (χ1n) is 11.5. The van der Waals surface area contributed by atoms with E-state index in [1.54, 1.807) is 3.57 Å². The summed E-state index contributed by atoms with van der Waals surface area (Å²) >= 11 is -0.793. The summed E-state index contributed by atoms with van der Waals surface area (Å²) in [5, 5.41) is 13.2. The van der Waals surface area contributed by atoms with E-state index in [1.807, 2.05) is 13.0 Å². The fourth-order valence-electron chi connectivity index (χ4n) is 5.53. The fourth-order valence-corrected chi connectivity index (χ4v) is 9.79. The molecule has 0 amide bonds. The first-order valence-corrected chi connectivity index (χ1v) is 15.6. The van der Waals surface area contributed by atoms with Gasteiger partial charge in [-0.05, 0) is 0 Å². The van der Waals surface area contributed by atoms with Crippen LogP contribution in [0.4, 0.5) is 0 Å². The minimum atomic E-state index is -0.884. The molecule has 1 aromatic heterocycles. The van der Waals surface area contributed by atoms with Crippen LogP contribution in [0.3, 0.4) is 0 Å². The number of likely N-dealkylation sites (N-methyl/N-ethyl adjacent to an activating group) is 1. The predicted molar refractivity (Wildman–Crippen MR) is 140 cm³/mol. The third-order valence-electron chi connectivity index (χ3n) is 7.64. The van der Waals surface area contributed by atoms with Gasteiger partial charge in [0, 0.05) is 0 Å². The van der Waals surface area contributed by atoms with Crippen LogP contribution in [0.5, 0.6) is 0 Å². The van der Waals surface area contributed by atoms with Crippen molar-refractivity contribution in [2.45, 2.75) is 45.9 Å². The number of aromatic nitrogens is 1. The van der Waals surface area contributed by atoms with E-state index in [1.165, 1.54) is 36.6 Å². The molecule has 4 heteroatoms. The van der Waals surface area contributed by atoms with Gasteiger partial charge in [-0.3, -0.25) is 0 Å². The quantitative estimate of drug-likeness (QED) is 0.415. The number of benzene rings is 1. The van der Waals surface area contributed by atoms with E-state index in [0.717, 1.165) is 25.1 Å². The van der Waals surface area contributed by atoms with Gasteiger partial charge in [0.25, 0.3) is 0 Å². The molecule has 1 saturated heterocycles. The average molecular weight is 530 g/mol. The molecule has 3 unspecified atom stereocenters. The molecule has 3 atom stereocenters. The Kier molecular flexibility index (Phi) is 5.47. The van der Waals surface area contributed by atoms with Gasteiger partial charge in [-0.25, -0.2) is 0 Å². The van der Waals surface area contributed by atoms with Crippen LogP contribution in [0.15, 0.2) is 54.2 Å². The molecule has 5 rings (SSSR count). The molecule has 0 saturated carbocycles. The second kappa shape index (κ2) is 7.89. The van der Waals surface area contributed by atoms with E-state index in [-0.39, 0.29) is 0 Å². The summed E-state index contributed by atoms with van der Waals surface area (Å²) in [6.07, 6.45) is 7.30. The topological polar surface area (TPSA) is 28.4 Å². The fraction of sp³-hybridized carbons (Fsp3) is 0.481. The summed E-state index contributed by atoms with van der Waals surface area (Å²) in [5.41, 5.74) is 5.75. The molecule has 3 nitrogen and oxygen atoms in total. The Morgan fingerprint density at radius 3 is 2.71 bits per heavy atom. The molecule has 1 N–H and O–H groups in total. The summed E-state index contributed by atoms with van der Waals surface area (Å²) in [4.78, 5) is 2.43. The van der Waals surface area contributed by atoms with E-state index in [0.29, 0.717) is 18.4 Å². The van der Waals surface area contributed by atoms with Gasteiger partial charge in [-0.15, -0.1) is 0 Å². The van der Waals surface area contributed by atoms with Gasteiger partial charge in [0.1, 0.15) is 0 Å². The standard InChI is InChI=1S/C27H35IN2O/c1-6-20-7-9-24(19(3)18(20)2)27(4,31)17-30-25-10-8-21(28-12-13-28)15-22(25)23-16-29(5)14-11-26(23)30/h6-10,15,18-19,31H,1,11-14,16-17H2,2-5H3. The molecule has 1 aliphatic carbocycles. The Balaban J connectivity index is 1.58. The Morgan fingerprint density at radius 2 is 2.00 bits per heavy atom. The van der Waals surface area contributed by atoms with Crippen LogP contribution in [0.25, 0.3) is 10.9 Å². The summed E-state index contributed by atoms with van der Waals surface area (Å²) < 4.78 is 7.06.